The van der Waals surface area contributed by atoms with E-state index in [0.29, 0.717) is 5.56 Å². The summed E-state index contributed by atoms with van der Waals surface area (Å²) in [7, 11) is 1.80. The first-order valence-electron chi connectivity index (χ1n) is 4.07. The fraction of sp³-hybridized carbons (Fsp3) is 0.111. The fourth-order valence-corrected chi connectivity index (χ4v) is 1.18. The molecule has 0 aromatic carbocycles. The van der Waals surface area contributed by atoms with E-state index in [0.717, 1.165) is 5.56 Å². The number of anilines is 1. The molecule has 0 radical (unpaired) electrons. The van der Waals surface area contributed by atoms with Crippen LogP contribution < -0.4 is 5.73 Å². The number of nitrogens with two attached hydrogens (primary N) is 1. The van der Waals surface area contributed by atoms with E-state index < -0.39 is 5.82 Å². The second-order valence-corrected chi connectivity index (χ2v) is 2.99. The number of nitrogen functional groups attached to an aromatic ring is 1. The van der Waals surface area contributed by atoms with Crippen LogP contribution in [0.25, 0.3) is 11.1 Å². The molecule has 0 saturated heterocycles. The van der Waals surface area contributed by atoms with Gasteiger partial charge in [0, 0.05) is 30.6 Å². The summed E-state index contributed by atoms with van der Waals surface area (Å²) < 4.78 is 14.7. The fourth-order valence-electron chi connectivity index (χ4n) is 1.18. The molecule has 0 fully saturated rings. The Bertz CT molecular complexity index is 464. The minimum Gasteiger partial charge on any atom is -0.381 e. The van der Waals surface area contributed by atoms with Crippen molar-refractivity contribution in [2.24, 2.45) is 7.05 Å². The van der Waals surface area contributed by atoms with Crippen molar-refractivity contribution in [3.8, 4) is 11.1 Å². The Labute approximate surface area is 80.2 Å². The summed E-state index contributed by atoms with van der Waals surface area (Å²) in [5.41, 5.74) is 6.75. The Kier molecular flexibility index (Phi) is 1.92. The van der Waals surface area contributed by atoms with Gasteiger partial charge in [0.05, 0.1) is 6.20 Å². The zero-order valence-electron chi connectivity index (χ0n) is 7.61. The number of halogens is 1. The number of pyridine rings is 1. The molecule has 2 heterocycles. The summed E-state index contributed by atoms with van der Waals surface area (Å²) >= 11 is 0. The van der Waals surface area contributed by atoms with Crippen LogP contribution >= 0.6 is 0 Å². The topological polar surface area (TPSA) is 56.7 Å². The number of aromatic nitrogens is 3. The van der Waals surface area contributed by atoms with Gasteiger partial charge >= 0.3 is 0 Å². The molecule has 2 N–H and O–H groups in total. The van der Waals surface area contributed by atoms with Crippen LogP contribution in [0.2, 0.25) is 0 Å². The summed E-state index contributed by atoms with van der Waals surface area (Å²) in [6.45, 7) is 0. The third-order valence-corrected chi connectivity index (χ3v) is 1.91. The van der Waals surface area contributed by atoms with E-state index in [2.05, 4.69) is 10.1 Å². The normalized spacial score (nSPS) is 10.4. The molecule has 0 aliphatic heterocycles. The SMILES string of the molecule is Cn1cc(-c2cnc(N)c(F)c2)cn1. The quantitative estimate of drug-likeness (QED) is 0.738. The van der Waals surface area contributed by atoms with E-state index in [4.69, 9.17) is 5.73 Å². The zero-order valence-corrected chi connectivity index (χ0v) is 7.61. The van der Waals surface area contributed by atoms with Gasteiger partial charge in [0.1, 0.15) is 0 Å². The third kappa shape index (κ3) is 1.44. The van der Waals surface area contributed by atoms with Gasteiger partial charge in [-0.15, -0.1) is 0 Å². The van der Waals surface area contributed by atoms with E-state index in [1.807, 2.05) is 0 Å². The number of aryl methyl sites for hydroxylation is 1. The number of rotatable bonds is 1. The Balaban J connectivity index is 2.47. The first-order valence-corrected chi connectivity index (χ1v) is 4.07. The molecule has 2 aromatic rings. The summed E-state index contributed by atoms with van der Waals surface area (Å²) in [4.78, 5) is 3.73. The van der Waals surface area contributed by atoms with Crippen molar-refractivity contribution in [3.05, 3.63) is 30.5 Å². The lowest BCUT2D eigenvalue weighted by Crippen LogP contribution is -1.94. The van der Waals surface area contributed by atoms with Gasteiger partial charge in [-0.1, -0.05) is 0 Å². The highest BCUT2D eigenvalue weighted by Crippen LogP contribution is 2.19. The van der Waals surface area contributed by atoms with Gasteiger partial charge in [-0.3, -0.25) is 4.68 Å². The summed E-state index contributed by atoms with van der Waals surface area (Å²) in [5, 5.41) is 3.98. The van der Waals surface area contributed by atoms with Crippen LogP contribution in [0.4, 0.5) is 10.2 Å². The minimum atomic E-state index is -0.508. The smallest absolute Gasteiger partial charge is 0.165 e. The molecular formula is C9H9FN4. The predicted molar refractivity (Wildman–Crippen MR) is 50.8 cm³/mol. The second kappa shape index (κ2) is 3.10. The highest BCUT2D eigenvalue weighted by Gasteiger charge is 2.04. The number of hydrogen-bond acceptors (Lipinski definition) is 3. The van der Waals surface area contributed by atoms with Gasteiger partial charge in [-0.05, 0) is 6.07 Å². The van der Waals surface area contributed by atoms with Crippen LogP contribution in [0.15, 0.2) is 24.7 Å². The molecule has 4 nitrogen and oxygen atoms in total. The molecule has 0 aliphatic rings. The minimum absolute atomic E-state index is 0.0855. The summed E-state index contributed by atoms with van der Waals surface area (Å²) in [5.74, 6) is -0.594. The van der Waals surface area contributed by atoms with Crippen LogP contribution in [0.1, 0.15) is 0 Å². The maximum absolute atomic E-state index is 13.1. The molecular weight excluding hydrogens is 183 g/mol. The van der Waals surface area contributed by atoms with Crippen molar-refractivity contribution in [2.75, 3.05) is 5.73 Å². The molecule has 0 atom stereocenters. The van der Waals surface area contributed by atoms with Gasteiger partial charge < -0.3 is 5.73 Å². The van der Waals surface area contributed by atoms with Gasteiger partial charge in [-0.25, -0.2) is 9.37 Å². The summed E-state index contributed by atoms with van der Waals surface area (Å²) in [6, 6.07) is 1.35. The van der Waals surface area contributed by atoms with Crippen LogP contribution in [-0.2, 0) is 7.05 Å². The molecule has 5 heteroatoms. The van der Waals surface area contributed by atoms with E-state index >= 15 is 0 Å². The van der Waals surface area contributed by atoms with Crippen LogP contribution in [0.3, 0.4) is 0 Å². The van der Waals surface area contributed by atoms with Crippen LogP contribution in [0.5, 0.6) is 0 Å². The Morgan fingerprint density at radius 1 is 1.36 bits per heavy atom. The van der Waals surface area contributed by atoms with E-state index in [1.165, 1.54) is 12.3 Å². The highest BCUT2D eigenvalue weighted by molar-refractivity contribution is 5.61. The van der Waals surface area contributed by atoms with E-state index in [9.17, 15) is 4.39 Å². The Morgan fingerprint density at radius 2 is 2.14 bits per heavy atom. The van der Waals surface area contributed by atoms with E-state index in [-0.39, 0.29) is 5.82 Å². The van der Waals surface area contributed by atoms with Crippen molar-refractivity contribution in [3.63, 3.8) is 0 Å². The van der Waals surface area contributed by atoms with Crippen molar-refractivity contribution < 1.29 is 4.39 Å². The van der Waals surface area contributed by atoms with E-state index in [1.54, 1.807) is 24.1 Å². The zero-order chi connectivity index (χ0) is 10.1. The van der Waals surface area contributed by atoms with Gasteiger partial charge in [0.25, 0.3) is 0 Å². The lowest BCUT2D eigenvalue weighted by atomic mass is 10.2. The molecule has 2 aromatic heterocycles. The van der Waals surface area contributed by atoms with Crippen molar-refractivity contribution in [1.29, 1.82) is 0 Å². The lowest BCUT2D eigenvalue weighted by molar-refractivity contribution is 0.628. The second-order valence-electron chi connectivity index (χ2n) is 2.99. The largest absolute Gasteiger partial charge is 0.381 e. The van der Waals surface area contributed by atoms with Gasteiger partial charge in [0.2, 0.25) is 0 Å². The van der Waals surface area contributed by atoms with Gasteiger partial charge in [-0.2, -0.15) is 5.10 Å². The Morgan fingerprint density at radius 3 is 2.71 bits per heavy atom. The maximum atomic E-state index is 13.1. The van der Waals surface area contributed by atoms with Crippen molar-refractivity contribution in [2.45, 2.75) is 0 Å². The molecule has 0 amide bonds. The Hall–Kier alpha value is -1.91. The van der Waals surface area contributed by atoms with Gasteiger partial charge in [0.15, 0.2) is 11.6 Å². The maximum Gasteiger partial charge on any atom is 0.165 e. The molecule has 0 aliphatic carbocycles. The highest BCUT2D eigenvalue weighted by atomic mass is 19.1. The number of hydrogen-bond donors (Lipinski definition) is 1. The van der Waals surface area contributed by atoms with Crippen molar-refractivity contribution in [1.82, 2.24) is 14.8 Å². The molecule has 14 heavy (non-hydrogen) atoms. The van der Waals surface area contributed by atoms with Crippen LogP contribution in [0, 0.1) is 5.82 Å². The first kappa shape index (κ1) is 8.68. The molecule has 0 saturated carbocycles. The molecule has 0 unspecified atom stereocenters. The van der Waals surface area contributed by atoms with Crippen LogP contribution in [-0.4, -0.2) is 14.8 Å². The standard InChI is InChI=1S/C9H9FN4/c1-14-5-7(4-13-14)6-2-8(10)9(11)12-3-6/h2-5H,1H3,(H2,11,12). The third-order valence-electron chi connectivity index (χ3n) is 1.91. The van der Waals surface area contributed by atoms with Crippen molar-refractivity contribution >= 4 is 5.82 Å². The molecule has 0 spiro atoms. The first-order chi connectivity index (χ1) is 6.66. The predicted octanol–water partition coefficient (Wildman–Crippen LogP) is 1.20. The molecule has 72 valence electrons. The number of nitrogens with zero attached hydrogens (tertiary/aromatic N) is 3. The molecule has 2 rings (SSSR count). The average Bonchev–Trinajstić information content (AvgIpc) is 2.57. The lowest BCUT2D eigenvalue weighted by Gasteiger charge is -1.98. The average molecular weight is 192 g/mol. The monoisotopic (exact) mass is 192 g/mol. The summed E-state index contributed by atoms with van der Waals surface area (Å²) in [6.07, 6.45) is 4.95. The molecule has 0 bridgehead atoms.